The smallest absolute Gasteiger partial charge is 0.238 e. The summed E-state index contributed by atoms with van der Waals surface area (Å²) in [5.41, 5.74) is -0.241. The van der Waals surface area contributed by atoms with Crippen LogP contribution in [-0.2, 0) is 0 Å². The maximum atomic E-state index is 13.9. The number of pyridine rings is 2. The van der Waals surface area contributed by atoms with E-state index in [0.717, 1.165) is 0 Å². The fraction of sp³-hybridized carbons (Fsp3) is 0. The number of rotatable bonds is 1. The summed E-state index contributed by atoms with van der Waals surface area (Å²) in [6.45, 7) is 0. The van der Waals surface area contributed by atoms with Crippen LogP contribution in [0, 0.1) is 5.95 Å². The van der Waals surface area contributed by atoms with Crippen molar-refractivity contribution in [3.8, 4) is 11.1 Å². The summed E-state index contributed by atoms with van der Waals surface area (Å²) in [6, 6.07) is 9.25. The highest BCUT2D eigenvalue weighted by Crippen LogP contribution is 2.24. The van der Waals surface area contributed by atoms with E-state index in [1.165, 1.54) is 36.8 Å². The van der Waals surface area contributed by atoms with Gasteiger partial charge in [0.1, 0.15) is 11.2 Å². The maximum absolute atomic E-state index is 13.9. The van der Waals surface area contributed by atoms with Crippen LogP contribution in [0.4, 0.5) is 4.39 Å². The van der Waals surface area contributed by atoms with E-state index in [1.54, 1.807) is 18.2 Å². The SMILES string of the molecule is O=c1c(=O)c2cc(-c3cccnc3F)ccc2oc2ccncc12. The van der Waals surface area contributed by atoms with Crippen LogP contribution in [0.15, 0.2) is 69.0 Å². The monoisotopic (exact) mass is 320 g/mol. The Morgan fingerprint density at radius 1 is 0.917 bits per heavy atom. The molecule has 0 aliphatic rings. The quantitative estimate of drug-likeness (QED) is 0.398. The minimum absolute atomic E-state index is 0.0805. The van der Waals surface area contributed by atoms with Gasteiger partial charge in [-0.15, -0.1) is 0 Å². The molecule has 24 heavy (non-hydrogen) atoms. The molecule has 4 rings (SSSR count). The molecule has 4 aromatic rings. The molecule has 3 aromatic heterocycles. The van der Waals surface area contributed by atoms with Crippen LogP contribution in [0.25, 0.3) is 33.1 Å². The summed E-state index contributed by atoms with van der Waals surface area (Å²) in [6.07, 6.45) is 4.10. The lowest BCUT2D eigenvalue weighted by Gasteiger charge is -2.02. The molecule has 0 N–H and O–H groups in total. The van der Waals surface area contributed by atoms with Crippen molar-refractivity contribution >= 4 is 21.9 Å². The highest BCUT2D eigenvalue weighted by Gasteiger charge is 2.11. The molecule has 3 heterocycles. The zero-order valence-electron chi connectivity index (χ0n) is 12.2. The summed E-state index contributed by atoms with van der Waals surface area (Å²) < 4.78 is 19.5. The number of hydrogen-bond donors (Lipinski definition) is 0. The van der Waals surface area contributed by atoms with E-state index in [9.17, 15) is 14.0 Å². The molecule has 5 nitrogen and oxygen atoms in total. The van der Waals surface area contributed by atoms with Crippen molar-refractivity contribution in [2.45, 2.75) is 0 Å². The van der Waals surface area contributed by atoms with E-state index >= 15 is 0 Å². The summed E-state index contributed by atoms with van der Waals surface area (Å²) >= 11 is 0. The molecule has 0 atom stereocenters. The summed E-state index contributed by atoms with van der Waals surface area (Å²) in [5, 5.41) is 0.185. The fourth-order valence-electron chi connectivity index (χ4n) is 2.57. The minimum atomic E-state index is -0.720. The van der Waals surface area contributed by atoms with Gasteiger partial charge in [0.2, 0.25) is 16.8 Å². The molecule has 0 radical (unpaired) electrons. The topological polar surface area (TPSA) is 73.1 Å². The third-order valence-corrected chi connectivity index (χ3v) is 3.75. The van der Waals surface area contributed by atoms with Gasteiger partial charge in [-0.05, 0) is 35.9 Å². The Bertz CT molecular complexity index is 1220. The maximum Gasteiger partial charge on any atom is 0.238 e. The van der Waals surface area contributed by atoms with E-state index in [-0.39, 0.29) is 27.5 Å². The summed E-state index contributed by atoms with van der Waals surface area (Å²) in [5.74, 6) is -0.654. The van der Waals surface area contributed by atoms with Crippen LogP contribution >= 0.6 is 0 Å². The Balaban J connectivity index is 2.14. The van der Waals surface area contributed by atoms with Gasteiger partial charge in [0.05, 0.1) is 10.8 Å². The molecule has 0 aliphatic carbocycles. The van der Waals surface area contributed by atoms with E-state index in [4.69, 9.17) is 4.42 Å². The van der Waals surface area contributed by atoms with Gasteiger partial charge in [0.15, 0.2) is 0 Å². The molecular formula is C18H9FN2O3. The molecule has 0 saturated carbocycles. The van der Waals surface area contributed by atoms with Crippen molar-refractivity contribution < 1.29 is 8.81 Å². The van der Waals surface area contributed by atoms with Gasteiger partial charge >= 0.3 is 0 Å². The molecule has 1 aromatic carbocycles. The molecule has 0 saturated heterocycles. The lowest BCUT2D eigenvalue weighted by molar-refractivity contribution is 0.587. The first-order valence-corrected chi connectivity index (χ1v) is 7.11. The zero-order valence-corrected chi connectivity index (χ0v) is 12.2. The molecule has 0 amide bonds. The lowest BCUT2D eigenvalue weighted by atomic mass is 10.1. The highest BCUT2D eigenvalue weighted by atomic mass is 19.1. The minimum Gasteiger partial charge on any atom is -0.456 e. The Morgan fingerprint density at radius 2 is 1.71 bits per heavy atom. The van der Waals surface area contributed by atoms with Crippen molar-refractivity contribution in [2.75, 3.05) is 0 Å². The Labute approximate surface area is 134 Å². The first-order valence-electron chi connectivity index (χ1n) is 7.11. The largest absolute Gasteiger partial charge is 0.456 e. The van der Waals surface area contributed by atoms with Gasteiger partial charge < -0.3 is 4.42 Å². The number of halogens is 1. The van der Waals surface area contributed by atoms with Gasteiger partial charge in [-0.2, -0.15) is 4.39 Å². The second-order valence-corrected chi connectivity index (χ2v) is 5.18. The molecule has 0 aliphatic heterocycles. The first-order chi connectivity index (χ1) is 11.6. The highest BCUT2D eigenvalue weighted by molar-refractivity contribution is 5.86. The van der Waals surface area contributed by atoms with Gasteiger partial charge in [-0.3, -0.25) is 14.6 Å². The third-order valence-electron chi connectivity index (χ3n) is 3.75. The van der Waals surface area contributed by atoms with Crippen LogP contribution in [0.1, 0.15) is 0 Å². The number of nitrogens with zero attached hydrogens (tertiary/aromatic N) is 2. The van der Waals surface area contributed by atoms with Gasteiger partial charge in [-0.1, -0.05) is 6.07 Å². The van der Waals surface area contributed by atoms with E-state index in [0.29, 0.717) is 5.56 Å². The predicted molar refractivity (Wildman–Crippen MR) is 87.2 cm³/mol. The van der Waals surface area contributed by atoms with Crippen LogP contribution in [0.2, 0.25) is 0 Å². The predicted octanol–water partition coefficient (Wildman–Crippen LogP) is 2.90. The fourth-order valence-corrected chi connectivity index (χ4v) is 2.57. The van der Waals surface area contributed by atoms with Crippen molar-refractivity contribution in [1.29, 1.82) is 0 Å². The zero-order chi connectivity index (χ0) is 16.7. The molecule has 0 spiro atoms. The molecular weight excluding hydrogens is 311 g/mol. The Hall–Kier alpha value is -3.41. The van der Waals surface area contributed by atoms with Crippen LogP contribution < -0.4 is 10.9 Å². The molecule has 0 unspecified atom stereocenters. The number of aromatic nitrogens is 2. The van der Waals surface area contributed by atoms with Crippen molar-refractivity contribution in [3.63, 3.8) is 0 Å². The van der Waals surface area contributed by atoms with Gasteiger partial charge in [-0.25, -0.2) is 4.98 Å². The van der Waals surface area contributed by atoms with Crippen LogP contribution in [0.3, 0.4) is 0 Å². The second kappa shape index (κ2) is 5.34. The van der Waals surface area contributed by atoms with Crippen molar-refractivity contribution in [1.82, 2.24) is 9.97 Å². The average Bonchev–Trinajstić information content (AvgIpc) is 2.71. The summed E-state index contributed by atoms with van der Waals surface area (Å²) in [7, 11) is 0. The van der Waals surface area contributed by atoms with E-state index < -0.39 is 16.8 Å². The molecule has 0 bridgehead atoms. The van der Waals surface area contributed by atoms with Crippen molar-refractivity contribution in [2.24, 2.45) is 0 Å². The first kappa shape index (κ1) is 14.2. The number of benzene rings is 1. The van der Waals surface area contributed by atoms with E-state index in [1.807, 2.05) is 0 Å². The third kappa shape index (κ3) is 2.16. The normalized spacial score (nSPS) is 11.0. The molecule has 6 heteroatoms. The Morgan fingerprint density at radius 3 is 2.54 bits per heavy atom. The number of fused-ring (bicyclic) bond motifs is 2. The van der Waals surface area contributed by atoms with Crippen LogP contribution in [-0.4, -0.2) is 9.97 Å². The molecule has 116 valence electrons. The Kier molecular flexibility index (Phi) is 3.16. The van der Waals surface area contributed by atoms with Gasteiger partial charge in [0.25, 0.3) is 0 Å². The van der Waals surface area contributed by atoms with Gasteiger partial charge in [0, 0.05) is 24.2 Å². The second-order valence-electron chi connectivity index (χ2n) is 5.18. The van der Waals surface area contributed by atoms with E-state index in [2.05, 4.69) is 9.97 Å². The lowest BCUT2D eigenvalue weighted by Crippen LogP contribution is -2.21. The standard InChI is InChI=1S/C18H9FN2O3/c19-18-11(2-1-6-21-18)10-3-4-14-12(8-10)16(22)17(23)13-9-20-7-5-15(13)24-14/h1-9H. The summed E-state index contributed by atoms with van der Waals surface area (Å²) in [4.78, 5) is 32.3. The van der Waals surface area contributed by atoms with Crippen molar-refractivity contribution in [3.05, 3.63) is 81.4 Å². The van der Waals surface area contributed by atoms with Crippen LogP contribution in [0.5, 0.6) is 0 Å². The average molecular weight is 320 g/mol. The number of hydrogen-bond acceptors (Lipinski definition) is 5. The molecule has 0 fully saturated rings.